The van der Waals surface area contributed by atoms with Gasteiger partial charge >= 0.3 is 328 Å². The van der Waals surface area contributed by atoms with E-state index in [-0.39, 0.29) is 14.5 Å². The Morgan fingerprint density at radius 1 is 0.291 bits per heavy atom. The maximum atomic E-state index is 4.98. The fourth-order valence-electron chi connectivity index (χ4n) is 7.95. The minimum atomic E-state index is 0.159. The summed E-state index contributed by atoms with van der Waals surface area (Å²) in [5.41, 5.74) is 15.0. The van der Waals surface area contributed by atoms with Crippen molar-refractivity contribution in [3.8, 4) is 78.1 Å². The molecule has 0 aliphatic rings. The van der Waals surface area contributed by atoms with Crippen LogP contribution in [0.4, 0.5) is 0 Å². The third-order valence-electron chi connectivity index (χ3n) is 10.4. The second kappa shape index (κ2) is 14.3. The van der Waals surface area contributed by atoms with Gasteiger partial charge in [-0.25, -0.2) is 0 Å². The van der Waals surface area contributed by atoms with Gasteiger partial charge in [-0.3, -0.25) is 0 Å². The number of benzene rings is 8. The number of hydrogen-bond donors (Lipinski definition) is 0. The Hall–Kier alpha value is -6.71. The van der Waals surface area contributed by atoms with Crippen LogP contribution < -0.4 is 0 Å². The molecule has 8 aromatic carbocycles. The molecule has 0 N–H and O–H groups in total. The van der Waals surface area contributed by atoms with Crippen molar-refractivity contribution in [2.24, 2.45) is 0 Å². The van der Waals surface area contributed by atoms with Gasteiger partial charge in [-0.05, 0) is 0 Å². The number of nitrogens with zero attached hydrogens (tertiary/aromatic N) is 3. The van der Waals surface area contributed by atoms with Gasteiger partial charge in [-0.1, -0.05) is 0 Å². The molecule has 2 aromatic heterocycles. The van der Waals surface area contributed by atoms with Gasteiger partial charge in [0.2, 0.25) is 0 Å². The normalized spacial score (nSPS) is 11.3. The van der Waals surface area contributed by atoms with Gasteiger partial charge in [-0.15, -0.1) is 0 Å². The Bertz CT molecular complexity index is 2960. The predicted octanol–water partition coefficient (Wildman–Crippen LogP) is 12.9. The summed E-state index contributed by atoms with van der Waals surface area (Å²) in [5.74, 6) is 0. The van der Waals surface area contributed by atoms with Crippen LogP contribution in [-0.4, -0.2) is 29.9 Å². The molecule has 3 nitrogen and oxygen atoms in total. The molecular weight excluding hydrogens is 734 g/mol. The molecule has 0 atom stereocenters. The van der Waals surface area contributed by atoms with E-state index in [0.29, 0.717) is 0 Å². The van der Waals surface area contributed by atoms with E-state index in [2.05, 4.69) is 199 Å². The van der Waals surface area contributed by atoms with Crippen molar-refractivity contribution in [3.05, 3.63) is 200 Å². The zero-order chi connectivity index (χ0) is 36.6. The van der Waals surface area contributed by atoms with Gasteiger partial charge in [0.05, 0.1) is 0 Å². The first-order valence-corrected chi connectivity index (χ1v) is 20.2. The van der Waals surface area contributed by atoms with Gasteiger partial charge in [0.1, 0.15) is 0 Å². The molecule has 0 aliphatic carbocycles. The van der Waals surface area contributed by atoms with Gasteiger partial charge in [0.25, 0.3) is 0 Å². The molecule has 0 saturated heterocycles. The first-order valence-electron chi connectivity index (χ1n) is 18.5. The van der Waals surface area contributed by atoms with E-state index in [1.807, 2.05) is 6.07 Å². The van der Waals surface area contributed by atoms with Crippen LogP contribution in [0.25, 0.3) is 97.4 Å². The molecule has 0 bridgehead atoms. The van der Waals surface area contributed by atoms with E-state index in [1.165, 1.54) is 47.1 Å². The van der Waals surface area contributed by atoms with E-state index >= 15 is 0 Å². The average molecular weight is 767 g/mol. The second-order valence-corrected chi connectivity index (χ2v) is 15.8. The van der Waals surface area contributed by atoms with E-state index in [9.17, 15) is 0 Å². The molecule has 10 aromatic rings. The Balaban J connectivity index is 1.39. The Labute approximate surface area is 326 Å². The first kappa shape index (κ1) is 32.9. The summed E-state index contributed by atoms with van der Waals surface area (Å²) in [6, 6.07) is 71.5. The van der Waals surface area contributed by atoms with Crippen LogP contribution in [0.3, 0.4) is 0 Å². The number of rotatable bonds is 7. The van der Waals surface area contributed by atoms with Crippen LogP contribution >= 0.6 is 0 Å². The quantitative estimate of drug-likeness (QED) is 0.152. The van der Waals surface area contributed by atoms with Crippen LogP contribution in [0.15, 0.2) is 200 Å². The van der Waals surface area contributed by atoms with Crippen molar-refractivity contribution in [1.82, 2.24) is 15.4 Å². The molecule has 0 spiro atoms. The van der Waals surface area contributed by atoms with E-state index in [0.717, 1.165) is 50.3 Å². The molecule has 4 heteroatoms. The Morgan fingerprint density at radius 3 is 1.53 bits per heavy atom. The molecule has 0 fully saturated rings. The zero-order valence-electron chi connectivity index (χ0n) is 29.8. The fourth-order valence-corrected chi connectivity index (χ4v) is 10.3. The Kier molecular flexibility index (Phi) is 8.53. The summed E-state index contributed by atoms with van der Waals surface area (Å²) in [6.45, 7) is 0. The molecule has 0 saturated carbocycles. The van der Waals surface area contributed by atoms with E-state index in [4.69, 9.17) is 10.2 Å². The van der Waals surface area contributed by atoms with Crippen molar-refractivity contribution in [2.75, 3.05) is 0 Å². The molecule has 258 valence electrons. The standard InChI is InChI=1S/C51H33N3Se/c1-5-18-34(19-6-1)38-26-13-14-27-40(38)41-32-33-45-48(42-28-15-16-31-44(42)55-45)49(41)47-39(35-20-7-2-8-21-35)29-17-30-43(47)51-46(36-22-9-3-10-23-36)50(52-54-53-51)37-24-11-4-12-25-37/h1-33H. The molecule has 0 aliphatic heterocycles. The molecule has 10 rings (SSSR count). The van der Waals surface area contributed by atoms with Crippen molar-refractivity contribution in [1.29, 1.82) is 0 Å². The van der Waals surface area contributed by atoms with Crippen molar-refractivity contribution in [3.63, 3.8) is 0 Å². The second-order valence-electron chi connectivity index (χ2n) is 13.6. The number of aromatic nitrogens is 3. The fraction of sp³-hybridized carbons (Fsp3) is 0. The summed E-state index contributed by atoms with van der Waals surface area (Å²) >= 11 is 0.159. The van der Waals surface area contributed by atoms with Gasteiger partial charge in [-0.2, -0.15) is 0 Å². The van der Waals surface area contributed by atoms with Crippen LogP contribution in [0.5, 0.6) is 0 Å². The van der Waals surface area contributed by atoms with Crippen LogP contribution in [0.1, 0.15) is 0 Å². The monoisotopic (exact) mass is 767 g/mol. The van der Waals surface area contributed by atoms with Crippen molar-refractivity contribution in [2.45, 2.75) is 0 Å². The molecular formula is C51H33N3Se. The minimum absolute atomic E-state index is 0.159. The molecule has 0 radical (unpaired) electrons. The summed E-state index contributed by atoms with van der Waals surface area (Å²) < 4.78 is 2.78. The summed E-state index contributed by atoms with van der Waals surface area (Å²) in [4.78, 5) is 0. The summed E-state index contributed by atoms with van der Waals surface area (Å²) in [5, 5.41) is 16.8. The van der Waals surface area contributed by atoms with Gasteiger partial charge in [0.15, 0.2) is 0 Å². The maximum absolute atomic E-state index is 4.98. The van der Waals surface area contributed by atoms with Crippen molar-refractivity contribution >= 4 is 33.8 Å². The van der Waals surface area contributed by atoms with Crippen LogP contribution in [0, 0.1) is 0 Å². The predicted molar refractivity (Wildman–Crippen MR) is 230 cm³/mol. The average Bonchev–Trinajstić information content (AvgIpc) is 3.66. The van der Waals surface area contributed by atoms with Crippen molar-refractivity contribution < 1.29 is 0 Å². The number of fused-ring (bicyclic) bond motifs is 3. The third kappa shape index (κ3) is 5.89. The molecule has 2 heterocycles. The van der Waals surface area contributed by atoms with E-state index in [1.54, 1.807) is 0 Å². The number of hydrogen-bond acceptors (Lipinski definition) is 3. The van der Waals surface area contributed by atoms with Gasteiger partial charge in [0, 0.05) is 0 Å². The third-order valence-corrected chi connectivity index (χ3v) is 12.8. The zero-order valence-corrected chi connectivity index (χ0v) is 31.5. The van der Waals surface area contributed by atoms with E-state index < -0.39 is 0 Å². The first-order chi connectivity index (χ1) is 27.3. The van der Waals surface area contributed by atoms with Crippen LogP contribution in [-0.2, 0) is 0 Å². The summed E-state index contributed by atoms with van der Waals surface area (Å²) in [6.07, 6.45) is 0. The van der Waals surface area contributed by atoms with Crippen LogP contribution in [0.2, 0.25) is 0 Å². The van der Waals surface area contributed by atoms with Gasteiger partial charge < -0.3 is 0 Å². The molecule has 55 heavy (non-hydrogen) atoms. The Morgan fingerprint density at radius 2 is 0.818 bits per heavy atom. The SMILES string of the molecule is c1ccc(-c2ccccc2-c2ccc3[se]c4ccccc4c3c2-c2c(-c3ccccc3)cccc2-c2nnnc(-c3ccccc3)c2-c2ccccc2)cc1. The molecule has 0 amide bonds. The summed E-state index contributed by atoms with van der Waals surface area (Å²) in [7, 11) is 0. The topological polar surface area (TPSA) is 38.7 Å². The molecule has 0 unspecified atom stereocenters.